The third-order valence-corrected chi connectivity index (χ3v) is 4.01. The van der Waals surface area contributed by atoms with Crippen LogP contribution in [0, 0.1) is 5.92 Å². The van der Waals surface area contributed by atoms with Crippen molar-refractivity contribution in [2.45, 2.75) is 45.6 Å². The van der Waals surface area contributed by atoms with Gasteiger partial charge in [-0.05, 0) is 38.3 Å². The fourth-order valence-corrected chi connectivity index (χ4v) is 2.80. The number of ether oxygens (including phenoxy) is 1. The first-order valence-electron chi connectivity index (χ1n) is 7.86. The van der Waals surface area contributed by atoms with E-state index in [1.54, 1.807) is 4.90 Å². The SMILES string of the molecule is CCc1ccc(C2CN(C(=O)OC(C)(C)C)CC2C=O)cc1. The molecule has 0 aromatic heterocycles. The van der Waals surface area contributed by atoms with Crippen LogP contribution in [0.3, 0.4) is 0 Å². The molecule has 0 radical (unpaired) electrons. The Hall–Kier alpha value is -1.84. The summed E-state index contributed by atoms with van der Waals surface area (Å²) in [6, 6.07) is 8.32. The summed E-state index contributed by atoms with van der Waals surface area (Å²) in [6.45, 7) is 8.61. The Labute approximate surface area is 132 Å². The molecular formula is C18H25NO3. The minimum absolute atomic E-state index is 0.0518. The third kappa shape index (κ3) is 3.87. The van der Waals surface area contributed by atoms with Crippen LogP contribution in [0.2, 0.25) is 0 Å². The summed E-state index contributed by atoms with van der Waals surface area (Å²) in [5.41, 5.74) is 1.86. The van der Waals surface area contributed by atoms with E-state index in [2.05, 4.69) is 31.2 Å². The van der Waals surface area contributed by atoms with E-state index >= 15 is 0 Å². The first-order valence-corrected chi connectivity index (χ1v) is 7.86. The van der Waals surface area contributed by atoms with Crippen LogP contribution in [-0.4, -0.2) is 36.0 Å². The molecule has 0 N–H and O–H groups in total. The van der Waals surface area contributed by atoms with Gasteiger partial charge in [0.2, 0.25) is 0 Å². The number of aldehydes is 1. The van der Waals surface area contributed by atoms with Crippen LogP contribution in [-0.2, 0) is 16.0 Å². The maximum Gasteiger partial charge on any atom is 0.410 e. The van der Waals surface area contributed by atoms with Crippen molar-refractivity contribution in [3.8, 4) is 0 Å². The summed E-state index contributed by atoms with van der Waals surface area (Å²) in [5, 5.41) is 0. The van der Waals surface area contributed by atoms with Crippen LogP contribution >= 0.6 is 0 Å². The Morgan fingerprint density at radius 3 is 2.41 bits per heavy atom. The van der Waals surface area contributed by atoms with Gasteiger partial charge in [0.1, 0.15) is 11.9 Å². The minimum atomic E-state index is -0.519. The second-order valence-electron chi connectivity index (χ2n) is 6.89. The number of rotatable bonds is 3. The molecule has 1 amide bonds. The molecule has 2 atom stereocenters. The van der Waals surface area contributed by atoms with Crippen LogP contribution in [0.15, 0.2) is 24.3 Å². The lowest BCUT2D eigenvalue weighted by molar-refractivity contribution is -0.111. The summed E-state index contributed by atoms with van der Waals surface area (Å²) in [4.78, 5) is 25.2. The zero-order chi connectivity index (χ0) is 16.3. The zero-order valence-corrected chi connectivity index (χ0v) is 13.8. The van der Waals surface area contributed by atoms with Crippen LogP contribution in [0.1, 0.15) is 44.7 Å². The predicted molar refractivity (Wildman–Crippen MR) is 85.9 cm³/mol. The van der Waals surface area contributed by atoms with Gasteiger partial charge < -0.3 is 14.4 Å². The number of carbonyl (C=O) groups excluding carboxylic acids is 2. The summed E-state index contributed by atoms with van der Waals surface area (Å²) < 4.78 is 5.41. The van der Waals surface area contributed by atoms with E-state index in [4.69, 9.17) is 4.74 Å². The fourth-order valence-electron chi connectivity index (χ4n) is 2.80. The van der Waals surface area contributed by atoms with Gasteiger partial charge in [0.05, 0.1) is 0 Å². The largest absolute Gasteiger partial charge is 0.444 e. The number of amides is 1. The Bertz CT molecular complexity index is 530. The average molecular weight is 303 g/mol. The smallest absolute Gasteiger partial charge is 0.410 e. The second-order valence-corrected chi connectivity index (χ2v) is 6.89. The molecule has 1 aliphatic rings. The van der Waals surface area contributed by atoms with E-state index in [-0.39, 0.29) is 17.9 Å². The molecule has 1 aromatic rings. The highest BCUT2D eigenvalue weighted by molar-refractivity contribution is 5.70. The van der Waals surface area contributed by atoms with Gasteiger partial charge in [-0.3, -0.25) is 0 Å². The maximum atomic E-state index is 12.2. The highest BCUT2D eigenvalue weighted by Gasteiger charge is 2.37. The fraction of sp³-hybridized carbons (Fsp3) is 0.556. The van der Waals surface area contributed by atoms with E-state index < -0.39 is 5.60 Å². The van der Waals surface area contributed by atoms with Gasteiger partial charge in [0.15, 0.2) is 0 Å². The van der Waals surface area contributed by atoms with Crippen LogP contribution in [0.4, 0.5) is 4.79 Å². The molecule has 1 heterocycles. The average Bonchev–Trinajstić information content (AvgIpc) is 2.90. The van der Waals surface area contributed by atoms with Gasteiger partial charge in [0.25, 0.3) is 0 Å². The number of aryl methyl sites for hydroxylation is 1. The van der Waals surface area contributed by atoms with E-state index in [0.717, 1.165) is 18.3 Å². The van der Waals surface area contributed by atoms with E-state index in [9.17, 15) is 9.59 Å². The molecule has 1 fully saturated rings. The number of benzene rings is 1. The monoisotopic (exact) mass is 303 g/mol. The number of hydrogen-bond donors (Lipinski definition) is 0. The van der Waals surface area contributed by atoms with E-state index in [1.165, 1.54) is 5.56 Å². The van der Waals surface area contributed by atoms with Gasteiger partial charge in [-0.25, -0.2) is 4.79 Å². The quantitative estimate of drug-likeness (QED) is 0.804. The zero-order valence-electron chi connectivity index (χ0n) is 13.8. The molecule has 0 saturated carbocycles. The predicted octanol–water partition coefficient (Wildman–Crippen LogP) is 3.40. The third-order valence-electron chi connectivity index (χ3n) is 4.01. The molecule has 0 bridgehead atoms. The highest BCUT2D eigenvalue weighted by Crippen LogP contribution is 2.32. The Morgan fingerprint density at radius 2 is 1.91 bits per heavy atom. The van der Waals surface area contributed by atoms with Crippen molar-refractivity contribution < 1.29 is 14.3 Å². The van der Waals surface area contributed by atoms with Crippen molar-refractivity contribution in [2.24, 2.45) is 5.92 Å². The second kappa shape index (κ2) is 6.51. The van der Waals surface area contributed by atoms with Crippen molar-refractivity contribution in [2.75, 3.05) is 13.1 Å². The first-order chi connectivity index (χ1) is 10.3. The molecule has 4 heteroatoms. The molecule has 22 heavy (non-hydrogen) atoms. The van der Waals surface area contributed by atoms with Crippen molar-refractivity contribution in [1.82, 2.24) is 4.90 Å². The van der Waals surface area contributed by atoms with E-state index in [1.807, 2.05) is 20.8 Å². The molecule has 2 unspecified atom stereocenters. The molecule has 4 nitrogen and oxygen atoms in total. The topological polar surface area (TPSA) is 46.6 Å². The van der Waals surface area contributed by atoms with Crippen molar-refractivity contribution in [3.05, 3.63) is 35.4 Å². The van der Waals surface area contributed by atoms with Gasteiger partial charge in [-0.15, -0.1) is 0 Å². The highest BCUT2D eigenvalue weighted by atomic mass is 16.6. The molecule has 1 aliphatic heterocycles. The Kier molecular flexibility index (Phi) is 4.89. The number of hydrogen-bond acceptors (Lipinski definition) is 3. The number of nitrogens with zero attached hydrogens (tertiary/aromatic N) is 1. The minimum Gasteiger partial charge on any atom is -0.444 e. The summed E-state index contributed by atoms with van der Waals surface area (Å²) in [6.07, 6.45) is 1.61. The van der Waals surface area contributed by atoms with Crippen molar-refractivity contribution >= 4 is 12.4 Å². The first kappa shape index (κ1) is 16.5. The van der Waals surface area contributed by atoms with E-state index in [0.29, 0.717) is 13.1 Å². The van der Waals surface area contributed by atoms with Gasteiger partial charge in [-0.2, -0.15) is 0 Å². The lowest BCUT2D eigenvalue weighted by Gasteiger charge is -2.24. The summed E-state index contributed by atoms with van der Waals surface area (Å²) in [5.74, 6) is -0.115. The molecule has 0 spiro atoms. The Morgan fingerprint density at radius 1 is 1.27 bits per heavy atom. The van der Waals surface area contributed by atoms with Crippen LogP contribution in [0.5, 0.6) is 0 Å². The van der Waals surface area contributed by atoms with Gasteiger partial charge in [-0.1, -0.05) is 31.2 Å². The lowest BCUT2D eigenvalue weighted by Crippen LogP contribution is -2.35. The van der Waals surface area contributed by atoms with Crippen molar-refractivity contribution in [3.63, 3.8) is 0 Å². The van der Waals surface area contributed by atoms with Gasteiger partial charge in [0, 0.05) is 24.9 Å². The molecule has 120 valence electrons. The summed E-state index contributed by atoms with van der Waals surface area (Å²) >= 11 is 0. The molecule has 2 rings (SSSR count). The lowest BCUT2D eigenvalue weighted by atomic mass is 9.89. The van der Waals surface area contributed by atoms with Gasteiger partial charge >= 0.3 is 6.09 Å². The maximum absolute atomic E-state index is 12.2. The standard InChI is InChI=1S/C18H25NO3/c1-5-13-6-8-14(9-7-13)16-11-19(10-15(16)12-20)17(21)22-18(2,3)4/h6-9,12,15-16H,5,10-11H2,1-4H3. The molecule has 0 aliphatic carbocycles. The number of carbonyl (C=O) groups is 2. The number of likely N-dealkylation sites (tertiary alicyclic amines) is 1. The molecule has 1 aromatic carbocycles. The van der Waals surface area contributed by atoms with Crippen LogP contribution < -0.4 is 0 Å². The normalized spacial score (nSPS) is 21.7. The molecule has 1 saturated heterocycles. The summed E-state index contributed by atoms with van der Waals surface area (Å²) in [7, 11) is 0. The van der Waals surface area contributed by atoms with Crippen LogP contribution in [0.25, 0.3) is 0 Å². The van der Waals surface area contributed by atoms with Crippen molar-refractivity contribution in [1.29, 1.82) is 0 Å². The molecular weight excluding hydrogens is 278 g/mol. The Balaban J connectivity index is 2.11.